The van der Waals surface area contributed by atoms with Gasteiger partial charge in [0.15, 0.2) is 5.65 Å². The van der Waals surface area contributed by atoms with Crippen LogP contribution in [0, 0.1) is 0 Å². The maximum atomic E-state index is 11.9. The molecule has 0 saturated carbocycles. The number of thiazole rings is 1. The standard InChI is InChI=1S/C22H22N4O2S/c1-15(27)26-14-17-4-2-5-18(26)13-25(17)12-16-7-9-19(10-8-16)28-22-24-21-20(29-22)6-3-11-23-21/h2-3,5-11,17-18H,4,12-14H2,1H3/t17-,18-/m0/s1. The first-order valence-corrected chi connectivity index (χ1v) is 10.6. The normalized spacial score (nSPS) is 21.5. The lowest BCUT2D eigenvalue weighted by Crippen LogP contribution is -2.57. The molecule has 5 heterocycles. The predicted molar refractivity (Wildman–Crippen MR) is 113 cm³/mol. The van der Waals surface area contributed by atoms with E-state index in [2.05, 4.69) is 39.2 Å². The molecule has 1 fully saturated rings. The van der Waals surface area contributed by atoms with Crippen molar-refractivity contribution in [3.8, 4) is 10.9 Å². The van der Waals surface area contributed by atoms with Gasteiger partial charge in [-0.1, -0.05) is 35.6 Å². The number of ether oxygens (including phenoxy) is 1. The quantitative estimate of drug-likeness (QED) is 0.616. The molecule has 2 atom stereocenters. The maximum Gasteiger partial charge on any atom is 0.281 e. The van der Waals surface area contributed by atoms with Crippen LogP contribution in [0.2, 0.25) is 0 Å². The Balaban J connectivity index is 1.26. The van der Waals surface area contributed by atoms with Crippen molar-refractivity contribution in [2.45, 2.75) is 32.0 Å². The molecule has 6 rings (SSSR count). The van der Waals surface area contributed by atoms with E-state index in [1.165, 1.54) is 16.9 Å². The number of amides is 1. The van der Waals surface area contributed by atoms with Crippen LogP contribution in [-0.4, -0.2) is 50.8 Å². The van der Waals surface area contributed by atoms with Crippen LogP contribution in [-0.2, 0) is 11.3 Å². The second kappa shape index (κ2) is 7.57. The molecule has 2 aromatic heterocycles. The first-order chi connectivity index (χ1) is 14.2. The number of nitrogens with zero attached hydrogens (tertiary/aromatic N) is 4. The summed E-state index contributed by atoms with van der Waals surface area (Å²) in [6, 6.07) is 12.6. The van der Waals surface area contributed by atoms with Crippen LogP contribution in [0.25, 0.3) is 10.3 Å². The summed E-state index contributed by atoms with van der Waals surface area (Å²) in [5.41, 5.74) is 1.96. The molecule has 7 heteroatoms. The van der Waals surface area contributed by atoms with Gasteiger partial charge < -0.3 is 9.64 Å². The van der Waals surface area contributed by atoms with E-state index in [4.69, 9.17) is 4.74 Å². The van der Waals surface area contributed by atoms with Gasteiger partial charge in [0, 0.05) is 38.8 Å². The molecule has 3 aliphatic heterocycles. The summed E-state index contributed by atoms with van der Waals surface area (Å²) < 4.78 is 6.93. The zero-order valence-corrected chi connectivity index (χ0v) is 17.0. The van der Waals surface area contributed by atoms with Crippen LogP contribution in [0.4, 0.5) is 0 Å². The van der Waals surface area contributed by atoms with Crippen LogP contribution in [0.3, 0.4) is 0 Å². The highest BCUT2D eigenvalue weighted by atomic mass is 32.1. The summed E-state index contributed by atoms with van der Waals surface area (Å²) in [6.07, 6.45) is 7.14. The van der Waals surface area contributed by atoms with E-state index in [-0.39, 0.29) is 11.9 Å². The van der Waals surface area contributed by atoms with Crippen LogP contribution in [0.15, 0.2) is 54.7 Å². The van der Waals surface area contributed by atoms with Crippen molar-refractivity contribution < 1.29 is 9.53 Å². The highest BCUT2D eigenvalue weighted by Gasteiger charge is 2.35. The summed E-state index contributed by atoms with van der Waals surface area (Å²) in [7, 11) is 0. The fourth-order valence-electron chi connectivity index (χ4n) is 4.09. The van der Waals surface area contributed by atoms with Crippen LogP contribution in [0.5, 0.6) is 10.9 Å². The third kappa shape index (κ3) is 3.75. The van der Waals surface area contributed by atoms with Gasteiger partial charge in [-0.25, -0.2) is 4.98 Å². The lowest BCUT2D eigenvalue weighted by Gasteiger charge is -2.43. The van der Waals surface area contributed by atoms with Gasteiger partial charge in [0.1, 0.15) is 5.75 Å². The van der Waals surface area contributed by atoms with Crippen molar-refractivity contribution in [1.82, 2.24) is 19.8 Å². The van der Waals surface area contributed by atoms with Crippen molar-refractivity contribution in [1.29, 1.82) is 0 Å². The summed E-state index contributed by atoms with van der Waals surface area (Å²) in [5.74, 6) is 0.937. The Labute approximate surface area is 173 Å². The largest absolute Gasteiger partial charge is 0.431 e. The van der Waals surface area contributed by atoms with E-state index in [1.807, 2.05) is 29.2 Å². The Kier molecular flexibility index (Phi) is 4.77. The second-order valence-electron chi connectivity index (χ2n) is 7.54. The molecular formula is C22H22N4O2S. The first kappa shape index (κ1) is 18.3. The molecule has 1 saturated heterocycles. The van der Waals surface area contributed by atoms with Gasteiger partial charge in [0.25, 0.3) is 5.19 Å². The van der Waals surface area contributed by atoms with Gasteiger partial charge in [-0.3, -0.25) is 9.69 Å². The van der Waals surface area contributed by atoms with Crippen molar-refractivity contribution >= 4 is 27.6 Å². The zero-order valence-electron chi connectivity index (χ0n) is 16.2. The molecule has 3 aliphatic rings. The van der Waals surface area contributed by atoms with Crippen molar-refractivity contribution in [2.24, 2.45) is 0 Å². The molecule has 29 heavy (non-hydrogen) atoms. The number of piperazine rings is 1. The molecule has 148 valence electrons. The highest BCUT2D eigenvalue weighted by molar-refractivity contribution is 7.20. The lowest BCUT2D eigenvalue weighted by atomic mass is 10.1. The number of fused-ring (bicyclic) bond motifs is 4. The topological polar surface area (TPSA) is 58.6 Å². The molecule has 2 bridgehead atoms. The lowest BCUT2D eigenvalue weighted by molar-refractivity contribution is -0.133. The Morgan fingerprint density at radius 1 is 1.24 bits per heavy atom. The van der Waals surface area contributed by atoms with Crippen LogP contribution < -0.4 is 4.74 Å². The van der Waals surface area contributed by atoms with Crippen molar-refractivity contribution in [2.75, 3.05) is 13.1 Å². The minimum absolute atomic E-state index is 0.165. The van der Waals surface area contributed by atoms with E-state index in [9.17, 15) is 4.79 Å². The molecular weight excluding hydrogens is 384 g/mol. The maximum absolute atomic E-state index is 11.9. The molecule has 1 amide bonds. The number of carbonyl (C=O) groups excluding carboxylic acids is 1. The molecule has 0 aliphatic carbocycles. The molecule has 6 nitrogen and oxygen atoms in total. The SMILES string of the molecule is CC(=O)N1C[C@@H]2CC=C[C@H]1CN2Cc1ccc(Oc2nc3ncccc3s2)cc1. The van der Waals surface area contributed by atoms with Gasteiger partial charge >= 0.3 is 0 Å². The van der Waals surface area contributed by atoms with Gasteiger partial charge in [0.2, 0.25) is 5.91 Å². The van der Waals surface area contributed by atoms with Gasteiger partial charge in [-0.05, 0) is 36.2 Å². The Morgan fingerprint density at radius 3 is 2.90 bits per heavy atom. The fraction of sp³-hybridized carbons (Fsp3) is 0.318. The third-order valence-corrected chi connectivity index (χ3v) is 6.46. The highest BCUT2D eigenvalue weighted by Crippen LogP contribution is 2.31. The van der Waals surface area contributed by atoms with Crippen LogP contribution >= 0.6 is 11.3 Å². The molecule has 0 radical (unpaired) electrons. The second-order valence-corrected chi connectivity index (χ2v) is 8.53. The average Bonchev–Trinajstić information content (AvgIpc) is 2.88. The number of hydrogen-bond acceptors (Lipinski definition) is 6. The Bertz CT molecular complexity index is 1030. The third-order valence-electron chi connectivity index (χ3n) is 5.58. The fourth-order valence-corrected chi connectivity index (χ4v) is 4.89. The number of hydrogen-bond donors (Lipinski definition) is 0. The number of pyridine rings is 1. The summed E-state index contributed by atoms with van der Waals surface area (Å²) in [5, 5.41) is 0.603. The number of benzene rings is 1. The van der Waals surface area contributed by atoms with Gasteiger partial charge in [0.05, 0.1) is 10.7 Å². The predicted octanol–water partition coefficient (Wildman–Crippen LogP) is 3.84. The van der Waals surface area contributed by atoms with E-state index >= 15 is 0 Å². The van der Waals surface area contributed by atoms with Gasteiger partial charge in [-0.2, -0.15) is 4.98 Å². The Morgan fingerprint density at radius 2 is 2.10 bits per heavy atom. The van der Waals surface area contributed by atoms with Crippen molar-refractivity contribution in [3.63, 3.8) is 0 Å². The van der Waals surface area contributed by atoms with E-state index < -0.39 is 0 Å². The summed E-state index contributed by atoms with van der Waals surface area (Å²) in [6.45, 7) is 4.23. The van der Waals surface area contributed by atoms with Crippen LogP contribution in [0.1, 0.15) is 18.9 Å². The summed E-state index contributed by atoms with van der Waals surface area (Å²) >= 11 is 1.49. The smallest absolute Gasteiger partial charge is 0.281 e. The number of carbonyl (C=O) groups is 1. The molecule has 1 aromatic carbocycles. The van der Waals surface area contributed by atoms with E-state index in [1.54, 1.807) is 13.1 Å². The number of aromatic nitrogens is 2. The average molecular weight is 407 g/mol. The molecule has 0 N–H and O–H groups in total. The van der Waals surface area contributed by atoms with E-state index in [0.717, 1.165) is 36.5 Å². The molecule has 0 unspecified atom stereocenters. The van der Waals surface area contributed by atoms with E-state index in [0.29, 0.717) is 16.9 Å². The van der Waals surface area contributed by atoms with Crippen molar-refractivity contribution in [3.05, 3.63) is 60.3 Å². The summed E-state index contributed by atoms with van der Waals surface area (Å²) in [4.78, 5) is 25.1. The van der Waals surface area contributed by atoms with Gasteiger partial charge in [-0.15, -0.1) is 0 Å². The Hall–Kier alpha value is -2.77. The minimum atomic E-state index is 0.165. The minimum Gasteiger partial charge on any atom is -0.431 e. The molecule has 0 spiro atoms. The number of rotatable bonds is 4. The first-order valence-electron chi connectivity index (χ1n) is 9.82. The zero-order chi connectivity index (χ0) is 19.8. The molecule has 3 aromatic rings. The monoisotopic (exact) mass is 406 g/mol.